The Morgan fingerprint density at radius 1 is 0.486 bits per heavy atom. The standard InChI is InChI=1S/C32H17NOS/c1-2-8-19-18(7-1)17-33-31(19)30-20(14-16-27-29(30)23-10-4-6-12-26(23)35-27)21-13-15-25-28(32(21)33)22-9-3-5-11-24(22)34-25/h1-17H. The molecule has 0 saturated carbocycles. The van der Waals surface area contributed by atoms with Gasteiger partial charge in [0.1, 0.15) is 11.2 Å². The number of hydrogen-bond donors (Lipinski definition) is 0. The van der Waals surface area contributed by atoms with E-state index >= 15 is 0 Å². The molecule has 0 amide bonds. The number of pyridine rings is 1. The van der Waals surface area contributed by atoms with Gasteiger partial charge in [-0.3, -0.25) is 0 Å². The van der Waals surface area contributed by atoms with Gasteiger partial charge in [-0.2, -0.15) is 0 Å². The number of nitrogens with zero attached hydrogens (tertiary/aromatic N) is 1. The summed E-state index contributed by atoms with van der Waals surface area (Å²) in [6, 6.07) is 35.0. The number of hydrogen-bond acceptors (Lipinski definition) is 2. The number of thiophene rings is 1. The SMILES string of the molecule is c1ccc2c(c1)cn1c3c(ccc4oc5ccccc5c43)c3ccc4sc5ccccc5c4c3c21. The Morgan fingerprint density at radius 2 is 1.23 bits per heavy atom. The van der Waals surface area contributed by atoms with E-state index in [1.54, 1.807) is 0 Å². The van der Waals surface area contributed by atoms with E-state index in [4.69, 9.17) is 4.42 Å². The van der Waals surface area contributed by atoms with Gasteiger partial charge in [-0.05, 0) is 35.7 Å². The molecule has 0 N–H and O–H groups in total. The maximum atomic E-state index is 6.30. The smallest absolute Gasteiger partial charge is 0.137 e. The van der Waals surface area contributed by atoms with E-state index in [9.17, 15) is 0 Å². The highest BCUT2D eigenvalue weighted by Gasteiger charge is 2.20. The summed E-state index contributed by atoms with van der Waals surface area (Å²) in [5.41, 5.74) is 4.35. The number of para-hydroxylation sites is 1. The molecule has 9 rings (SSSR count). The summed E-state index contributed by atoms with van der Waals surface area (Å²) in [6.45, 7) is 0. The topological polar surface area (TPSA) is 17.6 Å². The molecule has 0 unspecified atom stereocenters. The van der Waals surface area contributed by atoms with Crippen molar-refractivity contribution >= 4 is 91.4 Å². The van der Waals surface area contributed by atoms with Gasteiger partial charge in [0.25, 0.3) is 0 Å². The van der Waals surface area contributed by atoms with Crippen LogP contribution in [0.1, 0.15) is 0 Å². The fourth-order valence-corrected chi connectivity index (χ4v) is 7.26. The maximum Gasteiger partial charge on any atom is 0.137 e. The van der Waals surface area contributed by atoms with Crippen LogP contribution in [0, 0.1) is 0 Å². The van der Waals surface area contributed by atoms with Crippen LogP contribution >= 0.6 is 11.3 Å². The Morgan fingerprint density at radius 3 is 2.17 bits per heavy atom. The maximum absolute atomic E-state index is 6.30. The van der Waals surface area contributed by atoms with Gasteiger partial charge in [-0.15, -0.1) is 11.3 Å². The van der Waals surface area contributed by atoms with Gasteiger partial charge < -0.3 is 8.82 Å². The Balaban J connectivity index is 1.70. The second-order valence-corrected chi connectivity index (χ2v) is 10.4. The van der Waals surface area contributed by atoms with Crippen LogP contribution < -0.4 is 0 Å². The highest BCUT2D eigenvalue weighted by Crippen LogP contribution is 2.46. The van der Waals surface area contributed by atoms with Crippen molar-refractivity contribution in [3.8, 4) is 0 Å². The molecule has 4 heterocycles. The number of aromatic nitrogens is 1. The zero-order valence-corrected chi connectivity index (χ0v) is 19.4. The lowest BCUT2D eigenvalue weighted by Gasteiger charge is -2.12. The normalized spacial score (nSPS) is 12.6. The predicted octanol–water partition coefficient (Wildman–Crippen LogP) is 9.67. The lowest BCUT2D eigenvalue weighted by atomic mass is 9.97. The van der Waals surface area contributed by atoms with Crippen molar-refractivity contribution in [3.63, 3.8) is 0 Å². The second kappa shape index (κ2) is 6.21. The van der Waals surface area contributed by atoms with Gasteiger partial charge in [0, 0.05) is 53.3 Å². The third-order valence-electron chi connectivity index (χ3n) is 7.55. The van der Waals surface area contributed by atoms with Crippen LogP contribution in [0.5, 0.6) is 0 Å². The van der Waals surface area contributed by atoms with Gasteiger partial charge in [-0.1, -0.05) is 66.7 Å². The molecule has 0 spiro atoms. The van der Waals surface area contributed by atoms with Gasteiger partial charge in [0.2, 0.25) is 0 Å². The summed E-state index contributed by atoms with van der Waals surface area (Å²) in [5.74, 6) is 0. The quantitative estimate of drug-likeness (QED) is 0.205. The second-order valence-electron chi connectivity index (χ2n) is 9.33. The molecule has 9 aromatic rings. The first kappa shape index (κ1) is 18.0. The number of rotatable bonds is 0. The molecule has 5 aromatic carbocycles. The molecule has 0 fully saturated rings. The van der Waals surface area contributed by atoms with E-state index in [0.717, 1.165) is 16.6 Å². The van der Waals surface area contributed by atoms with E-state index in [-0.39, 0.29) is 0 Å². The van der Waals surface area contributed by atoms with Crippen LogP contribution in [-0.2, 0) is 0 Å². The molecule has 3 heteroatoms. The van der Waals surface area contributed by atoms with Gasteiger partial charge in [-0.25, -0.2) is 0 Å². The van der Waals surface area contributed by atoms with Gasteiger partial charge in [0.15, 0.2) is 0 Å². The van der Waals surface area contributed by atoms with E-state index < -0.39 is 0 Å². The molecule has 162 valence electrons. The first-order valence-electron chi connectivity index (χ1n) is 11.9. The van der Waals surface area contributed by atoms with Crippen LogP contribution in [-0.4, -0.2) is 4.40 Å². The van der Waals surface area contributed by atoms with Crippen LogP contribution in [0.2, 0.25) is 0 Å². The van der Waals surface area contributed by atoms with Gasteiger partial charge >= 0.3 is 0 Å². The largest absolute Gasteiger partial charge is 0.456 e. The molecule has 2 nitrogen and oxygen atoms in total. The Labute approximate surface area is 203 Å². The van der Waals surface area contributed by atoms with E-state index in [1.165, 1.54) is 63.5 Å². The average molecular weight is 464 g/mol. The summed E-state index contributed by atoms with van der Waals surface area (Å²) < 4.78 is 11.4. The lowest BCUT2D eigenvalue weighted by Crippen LogP contribution is -1.91. The van der Waals surface area contributed by atoms with Crippen molar-refractivity contribution in [2.75, 3.05) is 0 Å². The van der Waals surface area contributed by atoms with E-state index in [0.29, 0.717) is 0 Å². The summed E-state index contributed by atoms with van der Waals surface area (Å²) >= 11 is 1.88. The zero-order chi connectivity index (χ0) is 22.7. The van der Waals surface area contributed by atoms with Gasteiger partial charge in [0.05, 0.1) is 16.4 Å². The fourth-order valence-electron chi connectivity index (χ4n) is 6.14. The molecule has 0 radical (unpaired) electrons. The van der Waals surface area contributed by atoms with E-state index in [1.807, 2.05) is 17.4 Å². The molecule has 4 aromatic heterocycles. The molecule has 35 heavy (non-hydrogen) atoms. The van der Waals surface area contributed by atoms with Crippen molar-refractivity contribution in [2.24, 2.45) is 0 Å². The van der Waals surface area contributed by atoms with Crippen molar-refractivity contribution in [3.05, 3.63) is 103 Å². The first-order valence-corrected chi connectivity index (χ1v) is 12.7. The monoisotopic (exact) mass is 463 g/mol. The molecule has 0 bridgehead atoms. The molecular formula is C32H17NOS. The van der Waals surface area contributed by atoms with Crippen LogP contribution in [0.25, 0.3) is 80.1 Å². The van der Waals surface area contributed by atoms with Crippen molar-refractivity contribution in [2.45, 2.75) is 0 Å². The van der Waals surface area contributed by atoms with Crippen molar-refractivity contribution in [1.29, 1.82) is 0 Å². The molecular weight excluding hydrogens is 446 g/mol. The molecule has 0 aliphatic heterocycles. The van der Waals surface area contributed by atoms with Crippen molar-refractivity contribution in [1.82, 2.24) is 4.40 Å². The number of furan rings is 1. The summed E-state index contributed by atoms with van der Waals surface area (Å²) in [5, 5.41) is 11.4. The lowest BCUT2D eigenvalue weighted by molar-refractivity contribution is 0.669. The van der Waals surface area contributed by atoms with Crippen LogP contribution in [0.15, 0.2) is 108 Å². The van der Waals surface area contributed by atoms with Crippen molar-refractivity contribution < 1.29 is 4.42 Å². The Kier molecular flexibility index (Phi) is 3.20. The van der Waals surface area contributed by atoms with Crippen LogP contribution in [0.4, 0.5) is 0 Å². The number of fused-ring (bicyclic) bond motifs is 16. The molecule has 0 atom stereocenters. The number of benzene rings is 5. The Hall–Kier alpha value is -4.34. The third-order valence-corrected chi connectivity index (χ3v) is 8.69. The predicted molar refractivity (Wildman–Crippen MR) is 150 cm³/mol. The summed E-state index contributed by atoms with van der Waals surface area (Å²) in [6.07, 6.45) is 2.31. The summed E-state index contributed by atoms with van der Waals surface area (Å²) in [4.78, 5) is 0. The van der Waals surface area contributed by atoms with Crippen LogP contribution in [0.3, 0.4) is 0 Å². The average Bonchev–Trinajstić information content (AvgIpc) is 3.59. The third kappa shape index (κ3) is 2.15. The minimum Gasteiger partial charge on any atom is -0.456 e. The summed E-state index contributed by atoms with van der Waals surface area (Å²) in [7, 11) is 0. The molecule has 0 aliphatic carbocycles. The minimum absolute atomic E-state index is 0.930. The highest BCUT2D eigenvalue weighted by atomic mass is 32.1. The molecule has 0 saturated heterocycles. The fraction of sp³-hybridized carbons (Fsp3) is 0. The zero-order valence-electron chi connectivity index (χ0n) is 18.6. The van der Waals surface area contributed by atoms with E-state index in [2.05, 4.69) is 102 Å². The highest BCUT2D eigenvalue weighted by molar-refractivity contribution is 7.26. The minimum atomic E-state index is 0.930. The molecule has 0 aliphatic rings. The first-order chi connectivity index (χ1) is 17.4. The Bertz CT molecular complexity index is 2330.